The molecule has 0 bridgehead atoms. The maximum atomic E-state index is 6.36. The van der Waals surface area contributed by atoms with E-state index in [2.05, 4.69) is 4.85 Å². The van der Waals surface area contributed by atoms with Gasteiger partial charge in [0.15, 0.2) is 0 Å². The summed E-state index contributed by atoms with van der Waals surface area (Å²) < 4.78 is 0. The van der Waals surface area contributed by atoms with Crippen molar-refractivity contribution < 1.29 is 0 Å². The Labute approximate surface area is 49.1 Å². The van der Waals surface area contributed by atoms with E-state index in [1.807, 2.05) is 0 Å². The van der Waals surface area contributed by atoms with Crippen molar-refractivity contribution in [2.75, 3.05) is 12.4 Å². The average Bonchev–Trinajstić information content (AvgIpc) is 1.69. The molecule has 0 fully saturated rings. The third-order valence-electron chi connectivity index (χ3n) is 0.654. The fourth-order valence-corrected chi connectivity index (χ4v) is 0.474. The second-order valence-electron chi connectivity index (χ2n) is 1.28. The zero-order valence-electron chi connectivity index (χ0n) is 4.15. The highest BCUT2D eigenvalue weighted by Gasteiger charge is 1.83. The molecule has 0 heterocycles. The van der Waals surface area contributed by atoms with Crippen LogP contribution in [0.15, 0.2) is 0 Å². The molecule has 0 aliphatic heterocycles. The molecule has 0 rings (SSSR count). The van der Waals surface area contributed by atoms with Crippen LogP contribution in [0.25, 0.3) is 4.85 Å². The zero-order valence-corrected chi connectivity index (χ0v) is 4.91. The van der Waals surface area contributed by atoms with Crippen LogP contribution in [0.4, 0.5) is 0 Å². The Morgan fingerprint density at radius 3 is 2.57 bits per heavy atom. The summed E-state index contributed by atoms with van der Waals surface area (Å²) in [6, 6.07) is 0. The average molecular weight is 118 g/mol. The number of nitrogens with zero attached hydrogens (tertiary/aromatic N) is 1. The molecule has 40 valence electrons. The largest absolute Gasteiger partial charge is 0.317 e. The quantitative estimate of drug-likeness (QED) is 0.302. The first-order chi connectivity index (χ1) is 3.41. The molecule has 0 amide bonds. The topological polar surface area (TPSA) is 4.36 Å². The molecule has 2 heteroatoms. The van der Waals surface area contributed by atoms with Crippen molar-refractivity contribution in [3.63, 3.8) is 0 Å². The Hall–Kier alpha value is -0.220. The molecule has 0 atom stereocenters. The highest BCUT2D eigenvalue weighted by Crippen LogP contribution is 1.90. The normalized spacial score (nSPS) is 8.00. The van der Waals surface area contributed by atoms with Gasteiger partial charge in [0.1, 0.15) is 0 Å². The summed E-state index contributed by atoms with van der Waals surface area (Å²) >= 11 is 5.33. The van der Waals surface area contributed by atoms with E-state index in [0.717, 1.165) is 12.8 Å². The van der Waals surface area contributed by atoms with E-state index in [1.165, 1.54) is 0 Å². The fraction of sp³-hybridized carbons (Fsp3) is 0.800. The van der Waals surface area contributed by atoms with Gasteiger partial charge < -0.3 is 4.85 Å². The molecule has 0 aliphatic carbocycles. The molecular formula is C5H8ClN. The molecule has 0 spiro atoms. The third kappa shape index (κ3) is 5.78. The fourth-order valence-electron chi connectivity index (χ4n) is 0.285. The van der Waals surface area contributed by atoms with Crippen LogP contribution in [-0.4, -0.2) is 12.4 Å². The predicted octanol–water partition coefficient (Wildman–Crippen LogP) is 1.92. The van der Waals surface area contributed by atoms with Gasteiger partial charge in [-0.25, -0.2) is 6.57 Å². The maximum Gasteiger partial charge on any atom is 0.214 e. The van der Waals surface area contributed by atoms with E-state index in [9.17, 15) is 0 Å². The van der Waals surface area contributed by atoms with Gasteiger partial charge in [0.25, 0.3) is 0 Å². The summed E-state index contributed by atoms with van der Waals surface area (Å²) in [6.45, 7) is 6.99. The summed E-state index contributed by atoms with van der Waals surface area (Å²) in [6.07, 6.45) is 1.93. The smallest absolute Gasteiger partial charge is 0.214 e. The van der Waals surface area contributed by atoms with E-state index < -0.39 is 0 Å². The van der Waals surface area contributed by atoms with Crippen LogP contribution in [-0.2, 0) is 0 Å². The van der Waals surface area contributed by atoms with Gasteiger partial charge in [-0.05, 0) is 6.42 Å². The summed E-state index contributed by atoms with van der Waals surface area (Å²) in [5, 5.41) is 0. The van der Waals surface area contributed by atoms with Gasteiger partial charge in [-0.3, -0.25) is 0 Å². The maximum absolute atomic E-state index is 6.36. The van der Waals surface area contributed by atoms with Crippen LogP contribution in [0.5, 0.6) is 0 Å². The number of hydrogen-bond acceptors (Lipinski definition) is 0. The second kappa shape index (κ2) is 5.78. The SMILES string of the molecule is [C-]#[N+]CCCCCl. The van der Waals surface area contributed by atoms with Crippen molar-refractivity contribution >= 4 is 11.6 Å². The minimum Gasteiger partial charge on any atom is -0.317 e. The monoisotopic (exact) mass is 117 g/mol. The first-order valence-electron chi connectivity index (χ1n) is 2.31. The van der Waals surface area contributed by atoms with Crippen LogP contribution in [0.1, 0.15) is 12.8 Å². The van der Waals surface area contributed by atoms with Crippen molar-refractivity contribution in [3.05, 3.63) is 11.4 Å². The lowest BCUT2D eigenvalue weighted by molar-refractivity contribution is 0.865. The lowest BCUT2D eigenvalue weighted by atomic mass is 10.3. The Morgan fingerprint density at radius 1 is 1.43 bits per heavy atom. The molecule has 0 aromatic heterocycles. The first kappa shape index (κ1) is 6.78. The summed E-state index contributed by atoms with van der Waals surface area (Å²) in [4.78, 5) is 3.16. The molecular weight excluding hydrogens is 110 g/mol. The third-order valence-corrected chi connectivity index (χ3v) is 0.921. The molecule has 0 aromatic carbocycles. The lowest BCUT2D eigenvalue weighted by Crippen LogP contribution is -1.77. The van der Waals surface area contributed by atoms with Crippen molar-refractivity contribution in [2.24, 2.45) is 0 Å². The lowest BCUT2D eigenvalue weighted by Gasteiger charge is -1.81. The van der Waals surface area contributed by atoms with Gasteiger partial charge in [0.05, 0.1) is 0 Å². The molecule has 7 heavy (non-hydrogen) atoms. The number of unbranched alkanes of at least 4 members (excludes halogenated alkanes) is 1. The Bertz CT molecular complexity index is 65.0. The molecule has 0 aliphatic rings. The van der Waals surface area contributed by atoms with Crippen LogP contribution in [0.2, 0.25) is 0 Å². The minimum absolute atomic E-state index is 0.632. The molecule has 1 nitrogen and oxygen atoms in total. The van der Waals surface area contributed by atoms with Crippen LogP contribution < -0.4 is 0 Å². The summed E-state index contributed by atoms with van der Waals surface area (Å²) in [5.41, 5.74) is 0. The number of alkyl halides is 1. The second-order valence-corrected chi connectivity index (χ2v) is 1.66. The van der Waals surface area contributed by atoms with Crippen molar-refractivity contribution in [2.45, 2.75) is 12.8 Å². The van der Waals surface area contributed by atoms with E-state index in [1.54, 1.807) is 0 Å². The number of halogens is 1. The molecule has 0 aromatic rings. The Balaban J connectivity index is 2.60. The zero-order chi connectivity index (χ0) is 5.54. The van der Waals surface area contributed by atoms with Crippen LogP contribution in [0.3, 0.4) is 0 Å². The first-order valence-corrected chi connectivity index (χ1v) is 2.84. The molecule has 0 radical (unpaired) electrons. The van der Waals surface area contributed by atoms with E-state index in [0.29, 0.717) is 12.4 Å². The van der Waals surface area contributed by atoms with Crippen molar-refractivity contribution in [1.29, 1.82) is 0 Å². The molecule has 0 unspecified atom stereocenters. The molecule has 0 saturated heterocycles. The van der Waals surface area contributed by atoms with Crippen molar-refractivity contribution in [3.8, 4) is 0 Å². The molecule has 0 saturated carbocycles. The highest BCUT2D eigenvalue weighted by molar-refractivity contribution is 6.17. The van der Waals surface area contributed by atoms with Gasteiger partial charge in [0, 0.05) is 12.3 Å². The van der Waals surface area contributed by atoms with Gasteiger partial charge in [-0.15, -0.1) is 11.6 Å². The Kier molecular flexibility index (Phi) is 5.60. The van der Waals surface area contributed by atoms with Gasteiger partial charge in [-0.2, -0.15) is 0 Å². The molecule has 0 N–H and O–H groups in total. The number of hydrogen-bond donors (Lipinski definition) is 0. The summed E-state index contributed by atoms with van der Waals surface area (Å²) in [5.74, 6) is 0.690. The van der Waals surface area contributed by atoms with Gasteiger partial charge >= 0.3 is 0 Å². The van der Waals surface area contributed by atoms with Crippen LogP contribution in [0, 0.1) is 6.57 Å². The summed E-state index contributed by atoms with van der Waals surface area (Å²) in [7, 11) is 0. The van der Waals surface area contributed by atoms with E-state index >= 15 is 0 Å². The standard InChI is InChI=1S/C5H8ClN/c1-7-5-3-2-4-6/h2-5H2. The van der Waals surface area contributed by atoms with E-state index in [4.69, 9.17) is 18.2 Å². The van der Waals surface area contributed by atoms with Gasteiger partial charge in [0.2, 0.25) is 6.54 Å². The van der Waals surface area contributed by atoms with Crippen molar-refractivity contribution in [1.82, 2.24) is 0 Å². The predicted molar refractivity (Wildman–Crippen MR) is 31.4 cm³/mol. The Morgan fingerprint density at radius 2 is 2.14 bits per heavy atom. The minimum atomic E-state index is 0.632. The van der Waals surface area contributed by atoms with Gasteiger partial charge in [-0.1, -0.05) is 0 Å². The van der Waals surface area contributed by atoms with Crippen LogP contribution >= 0.6 is 11.6 Å². The van der Waals surface area contributed by atoms with E-state index in [-0.39, 0.29) is 0 Å². The highest BCUT2D eigenvalue weighted by atomic mass is 35.5. The number of rotatable bonds is 3.